The Morgan fingerprint density at radius 1 is 1.40 bits per heavy atom. The summed E-state index contributed by atoms with van der Waals surface area (Å²) in [6.07, 6.45) is 7.65. The van der Waals surface area contributed by atoms with Crippen molar-refractivity contribution in [2.75, 3.05) is 7.11 Å². The maximum atomic E-state index is 12.2. The largest absolute Gasteiger partial charge is 0.453 e. The number of methoxy groups -OCH3 is 1. The van der Waals surface area contributed by atoms with E-state index in [-0.39, 0.29) is 29.8 Å². The molecule has 1 fully saturated rings. The van der Waals surface area contributed by atoms with Crippen LogP contribution in [0.25, 0.3) is 11.0 Å². The van der Waals surface area contributed by atoms with Gasteiger partial charge in [0, 0.05) is 12.0 Å². The number of amidine groups is 1. The number of halogens is 1. The van der Waals surface area contributed by atoms with Crippen LogP contribution in [0.15, 0.2) is 23.5 Å². The molecule has 186 valence electrons. The smallest absolute Gasteiger partial charge is 0.407 e. The number of hydrogen-bond acceptors (Lipinski definition) is 7. The Morgan fingerprint density at radius 3 is 2.86 bits per heavy atom. The van der Waals surface area contributed by atoms with Gasteiger partial charge in [0.05, 0.1) is 36.1 Å². The first kappa shape index (κ1) is 25.1. The van der Waals surface area contributed by atoms with Crippen LogP contribution in [0.4, 0.5) is 4.79 Å². The Hall–Kier alpha value is -3.05. The summed E-state index contributed by atoms with van der Waals surface area (Å²) >= 11 is 7.70. The van der Waals surface area contributed by atoms with Crippen molar-refractivity contribution in [1.82, 2.24) is 24.8 Å². The standard InChI is InChI=1S/C23H29ClN8O2S/c1-12(2)19(31-23(33)34-3)21-30-16-9-27-15(20(26)29-11-25)8-17(16)32(21)14-6-4-5-13(7-14)22-28-10-18(24)35-22/h8-14,19H,4-7H2,1-3H3,(H,31,33)(H3,25,26,29). The Kier molecular flexibility index (Phi) is 7.66. The summed E-state index contributed by atoms with van der Waals surface area (Å²) < 4.78 is 7.79. The molecule has 0 aromatic carbocycles. The molecule has 1 aliphatic rings. The van der Waals surface area contributed by atoms with Crippen LogP contribution >= 0.6 is 22.9 Å². The minimum Gasteiger partial charge on any atom is -0.453 e. The quantitative estimate of drug-likeness (QED) is 0.303. The van der Waals surface area contributed by atoms with Gasteiger partial charge in [-0.3, -0.25) is 10.4 Å². The van der Waals surface area contributed by atoms with E-state index in [1.54, 1.807) is 12.4 Å². The second-order valence-corrected chi connectivity index (χ2v) is 10.6. The van der Waals surface area contributed by atoms with E-state index in [1.165, 1.54) is 18.4 Å². The van der Waals surface area contributed by atoms with Gasteiger partial charge in [-0.15, -0.1) is 11.3 Å². The third-order valence-electron chi connectivity index (χ3n) is 6.33. The van der Waals surface area contributed by atoms with E-state index in [9.17, 15) is 4.79 Å². The Balaban J connectivity index is 1.84. The number of fused-ring (bicyclic) bond motifs is 1. The van der Waals surface area contributed by atoms with Crippen LogP contribution in [0.3, 0.4) is 0 Å². The maximum Gasteiger partial charge on any atom is 0.407 e. The number of carbonyl (C=O) groups is 1. The van der Waals surface area contributed by atoms with E-state index >= 15 is 0 Å². The molecule has 3 atom stereocenters. The fourth-order valence-electron chi connectivity index (χ4n) is 4.69. The maximum absolute atomic E-state index is 12.2. The molecule has 1 amide bonds. The van der Waals surface area contributed by atoms with Crippen molar-refractivity contribution >= 4 is 52.2 Å². The zero-order valence-electron chi connectivity index (χ0n) is 19.9. The first-order chi connectivity index (χ1) is 16.8. The lowest BCUT2D eigenvalue weighted by atomic mass is 9.85. The van der Waals surface area contributed by atoms with Gasteiger partial charge in [0.15, 0.2) is 5.84 Å². The second kappa shape index (κ2) is 10.7. The van der Waals surface area contributed by atoms with Crippen molar-refractivity contribution in [2.24, 2.45) is 16.6 Å². The molecule has 35 heavy (non-hydrogen) atoms. The third-order valence-corrected chi connectivity index (χ3v) is 7.61. The van der Waals surface area contributed by atoms with Crippen molar-refractivity contribution in [3.05, 3.63) is 39.3 Å². The highest BCUT2D eigenvalue weighted by Gasteiger charge is 2.33. The number of nitrogens with one attached hydrogen (secondary N) is 2. The average molecular weight is 517 g/mol. The highest BCUT2D eigenvalue weighted by atomic mass is 35.5. The summed E-state index contributed by atoms with van der Waals surface area (Å²) in [5.41, 5.74) is 8.06. The van der Waals surface area contributed by atoms with E-state index in [0.717, 1.165) is 48.4 Å². The Labute approximate surface area is 212 Å². The van der Waals surface area contributed by atoms with Crippen molar-refractivity contribution in [3.8, 4) is 0 Å². The summed E-state index contributed by atoms with van der Waals surface area (Å²) in [4.78, 5) is 29.9. The zero-order chi connectivity index (χ0) is 25.1. The number of alkyl carbamates (subject to hydrolysis) is 1. The summed E-state index contributed by atoms with van der Waals surface area (Å²) in [6, 6.07) is 1.60. The monoisotopic (exact) mass is 516 g/mol. The second-order valence-electron chi connectivity index (χ2n) is 8.92. The molecule has 1 saturated carbocycles. The molecule has 3 unspecified atom stereocenters. The Bertz CT molecular complexity index is 1250. The molecule has 1 aliphatic carbocycles. The third kappa shape index (κ3) is 5.30. The first-order valence-corrected chi connectivity index (χ1v) is 12.7. The van der Waals surface area contributed by atoms with Gasteiger partial charge in [-0.1, -0.05) is 31.9 Å². The molecule has 12 heteroatoms. The number of nitrogens with zero attached hydrogens (tertiary/aromatic N) is 5. The lowest BCUT2D eigenvalue weighted by Crippen LogP contribution is -2.34. The molecule has 0 bridgehead atoms. The van der Waals surface area contributed by atoms with Gasteiger partial charge in [-0.2, -0.15) is 0 Å². The molecule has 3 heterocycles. The number of nitrogens with two attached hydrogens (primary N) is 1. The number of amides is 1. The minimum absolute atomic E-state index is 0.0544. The van der Waals surface area contributed by atoms with E-state index in [4.69, 9.17) is 32.5 Å². The number of imidazole rings is 1. The van der Waals surface area contributed by atoms with Crippen LogP contribution < -0.4 is 11.1 Å². The topological polar surface area (TPSA) is 144 Å². The van der Waals surface area contributed by atoms with Crippen LogP contribution in [0.2, 0.25) is 4.34 Å². The molecule has 3 aromatic rings. The molecule has 0 saturated heterocycles. The number of hydrogen-bond donors (Lipinski definition) is 3. The van der Waals surface area contributed by atoms with Gasteiger partial charge < -0.3 is 20.4 Å². The fourth-order valence-corrected chi connectivity index (χ4v) is 5.77. The van der Waals surface area contributed by atoms with E-state index in [0.29, 0.717) is 15.5 Å². The van der Waals surface area contributed by atoms with Crippen molar-refractivity contribution in [1.29, 1.82) is 5.41 Å². The Morgan fingerprint density at radius 2 is 2.20 bits per heavy atom. The molecular formula is C23H29ClN8O2S. The first-order valence-electron chi connectivity index (χ1n) is 11.5. The van der Waals surface area contributed by atoms with E-state index < -0.39 is 6.09 Å². The molecule has 0 aliphatic heterocycles. The SMILES string of the molecule is COC(=O)NC(c1nc2cnc(C(N)=NC=N)cc2n1C1CCCC(c2ncc(Cl)s2)C1)C(C)C. The molecule has 4 N–H and O–H groups in total. The minimum atomic E-state index is -0.512. The number of aliphatic imine (C=N–C) groups is 1. The fraction of sp³-hybridized carbons (Fsp3) is 0.478. The molecule has 10 nitrogen and oxygen atoms in total. The van der Waals surface area contributed by atoms with Gasteiger partial charge >= 0.3 is 6.09 Å². The van der Waals surface area contributed by atoms with Crippen molar-refractivity contribution in [2.45, 2.75) is 57.5 Å². The highest BCUT2D eigenvalue weighted by molar-refractivity contribution is 7.15. The lowest BCUT2D eigenvalue weighted by molar-refractivity contribution is 0.161. The van der Waals surface area contributed by atoms with Gasteiger partial charge in [-0.05, 0) is 31.2 Å². The number of pyridine rings is 1. The number of carbonyl (C=O) groups excluding carboxylic acids is 1. The number of aromatic nitrogens is 4. The lowest BCUT2D eigenvalue weighted by Gasteiger charge is -2.32. The van der Waals surface area contributed by atoms with Crippen LogP contribution in [0.1, 0.15) is 74.1 Å². The van der Waals surface area contributed by atoms with Gasteiger partial charge in [0.2, 0.25) is 0 Å². The number of rotatable bonds is 7. The van der Waals surface area contributed by atoms with E-state index in [1.807, 2.05) is 19.9 Å². The van der Waals surface area contributed by atoms with Crippen molar-refractivity contribution < 1.29 is 9.53 Å². The van der Waals surface area contributed by atoms with Gasteiger partial charge in [-0.25, -0.2) is 19.8 Å². The van der Waals surface area contributed by atoms with Crippen LogP contribution in [-0.4, -0.2) is 44.9 Å². The summed E-state index contributed by atoms with van der Waals surface area (Å²) in [5, 5.41) is 11.2. The summed E-state index contributed by atoms with van der Waals surface area (Å²) in [7, 11) is 1.35. The molecular weight excluding hydrogens is 488 g/mol. The molecule has 4 rings (SSSR count). The van der Waals surface area contributed by atoms with Crippen LogP contribution in [0.5, 0.6) is 0 Å². The molecule has 3 aromatic heterocycles. The molecule has 0 spiro atoms. The van der Waals surface area contributed by atoms with Gasteiger partial charge in [0.25, 0.3) is 0 Å². The summed E-state index contributed by atoms with van der Waals surface area (Å²) in [5.74, 6) is 1.24. The number of ether oxygens (including phenoxy) is 1. The van der Waals surface area contributed by atoms with Gasteiger partial charge in [0.1, 0.15) is 27.7 Å². The highest BCUT2D eigenvalue weighted by Crippen LogP contribution is 2.43. The normalized spacial score (nSPS) is 19.6. The summed E-state index contributed by atoms with van der Waals surface area (Å²) in [6.45, 7) is 4.06. The van der Waals surface area contributed by atoms with Crippen molar-refractivity contribution in [3.63, 3.8) is 0 Å². The predicted octanol–water partition coefficient (Wildman–Crippen LogP) is 4.81. The molecule has 0 radical (unpaired) electrons. The number of thiazole rings is 1. The average Bonchev–Trinajstić information content (AvgIpc) is 3.45. The predicted molar refractivity (Wildman–Crippen MR) is 138 cm³/mol. The van der Waals surface area contributed by atoms with Crippen LogP contribution in [-0.2, 0) is 4.74 Å². The zero-order valence-corrected chi connectivity index (χ0v) is 21.4. The van der Waals surface area contributed by atoms with Crippen LogP contribution in [0, 0.1) is 11.3 Å². The van der Waals surface area contributed by atoms with E-state index in [2.05, 4.69) is 24.8 Å².